The lowest BCUT2D eigenvalue weighted by Crippen LogP contribution is -1.99. The Kier molecular flexibility index (Phi) is 1.94. The molecule has 0 bridgehead atoms. The summed E-state index contributed by atoms with van der Waals surface area (Å²) in [6, 6.07) is 10.6. The first-order valence-corrected chi connectivity index (χ1v) is 5.81. The van der Waals surface area contributed by atoms with Gasteiger partial charge in [-0.25, -0.2) is 0 Å². The SMILES string of the molecule is O=c1c2ccccc2oc2c(-c3ccco3)occ12. The van der Waals surface area contributed by atoms with Crippen molar-refractivity contribution in [1.82, 2.24) is 0 Å². The molecule has 0 aliphatic rings. The maximum Gasteiger partial charge on any atom is 0.212 e. The first-order valence-electron chi connectivity index (χ1n) is 5.81. The zero-order valence-corrected chi connectivity index (χ0v) is 9.75. The average molecular weight is 252 g/mol. The van der Waals surface area contributed by atoms with Gasteiger partial charge >= 0.3 is 0 Å². The highest BCUT2D eigenvalue weighted by Gasteiger charge is 2.17. The van der Waals surface area contributed by atoms with E-state index in [4.69, 9.17) is 13.3 Å². The van der Waals surface area contributed by atoms with Gasteiger partial charge in [-0.2, -0.15) is 0 Å². The van der Waals surface area contributed by atoms with E-state index in [-0.39, 0.29) is 5.43 Å². The van der Waals surface area contributed by atoms with Crippen LogP contribution in [-0.4, -0.2) is 0 Å². The molecule has 19 heavy (non-hydrogen) atoms. The maximum atomic E-state index is 12.3. The van der Waals surface area contributed by atoms with Gasteiger partial charge in [0.25, 0.3) is 0 Å². The summed E-state index contributed by atoms with van der Waals surface area (Å²) in [5, 5.41) is 0.965. The second-order valence-electron chi connectivity index (χ2n) is 4.21. The number of hydrogen-bond donors (Lipinski definition) is 0. The van der Waals surface area contributed by atoms with Gasteiger partial charge < -0.3 is 13.3 Å². The Labute approximate surface area is 106 Å². The van der Waals surface area contributed by atoms with E-state index in [0.29, 0.717) is 33.5 Å². The molecule has 0 atom stereocenters. The number of fused-ring (bicyclic) bond motifs is 2. The van der Waals surface area contributed by atoms with Crippen LogP contribution in [0.1, 0.15) is 0 Å². The molecular formula is C15H8O4. The molecule has 0 amide bonds. The van der Waals surface area contributed by atoms with E-state index in [1.165, 1.54) is 6.26 Å². The molecule has 4 nitrogen and oxygen atoms in total. The van der Waals surface area contributed by atoms with E-state index in [0.717, 1.165) is 0 Å². The van der Waals surface area contributed by atoms with Gasteiger partial charge in [0.1, 0.15) is 17.2 Å². The van der Waals surface area contributed by atoms with Crippen molar-refractivity contribution in [3.63, 3.8) is 0 Å². The van der Waals surface area contributed by atoms with Crippen LogP contribution in [0.25, 0.3) is 33.5 Å². The van der Waals surface area contributed by atoms with Crippen LogP contribution in [-0.2, 0) is 0 Å². The van der Waals surface area contributed by atoms with Gasteiger partial charge in [0.15, 0.2) is 11.3 Å². The third-order valence-corrected chi connectivity index (χ3v) is 3.08. The Morgan fingerprint density at radius 1 is 0.895 bits per heavy atom. The van der Waals surface area contributed by atoms with Crippen molar-refractivity contribution in [1.29, 1.82) is 0 Å². The smallest absolute Gasteiger partial charge is 0.212 e. The molecule has 0 saturated heterocycles. The third-order valence-electron chi connectivity index (χ3n) is 3.08. The highest BCUT2D eigenvalue weighted by molar-refractivity contribution is 5.94. The van der Waals surface area contributed by atoms with Crippen LogP contribution in [0.4, 0.5) is 0 Å². The van der Waals surface area contributed by atoms with Crippen LogP contribution in [0.15, 0.2) is 67.0 Å². The largest absolute Gasteiger partial charge is 0.461 e. The van der Waals surface area contributed by atoms with Crippen molar-refractivity contribution < 1.29 is 13.3 Å². The summed E-state index contributed by atoms with van der Waals surface area (Å²) in [4.78, 5) is 12.3. The quantitative estimate of drug-likeness (QED) is 0.517. The predicted octanol–water partition coefficient (Wildman–Crippen LogP) is 3.80. The zero-order valence-electron chi connectivity index (χ0n) is 9.75. The number of benzene rings is 1. The summed E-state index contributed by atoms with van der Waals surface area (Å²) in [5.74, 6) is 0.969. The van der Waals surface area contributed by atoms with Crippen molar-refractivity contribution >= 4 is 21.9 Å². The lowest BCUT2D eigenvalue weighted by molar-refractivity contribution is 0.521. The minimum atomic E-state index is -0.0987. The molecular weight excluding hydrogens is 244 g/mol. The number of para-hydroxylation sites is 1. The molecule has 0 fully saturated rings. The molecule has 3 heterocycles. The number of furan rings is 2. The standard InChI is InChI=1S/C15H8O4/c16-13-9-4-1-2-5-11(9)19-14-10(13)8-18-15(14)12-6-3-7-17-12/h1-8H. The highest BCUT2D eigenvalue weighted by atomic mass is 16.4. The van der Waals surface area contributed by atoms with Crippen molar-refractivity contribution in [3.05, 3.63) is 59.1 Å². The minimum absolute atomic E-state index is 0.0987. The van der Waals surface area contributed by atoms with Crippen LogP contribution in [0.5, 0.6) is 0 Å². The summed E-state index contributed by atoms with van der Waals surface area (Å²) in [5.41, 5.74) is 0.853. The molecule has 0 unspecified atom stereocenters. The Balaban J connectivity index is 2.18. The molecule has 3 aromatic heterocycles. The molecule has 92 valence electrons. The number of rotatable bonds is 1. The Morgan fingerprint density at radius 3 is 2.63 bits per heavy atom. The van der Waals surface area contributed by atoms with E-state index in [1.807, 2.05) is 6.07 Å². The van der Waals surface area contributed by atoms with E-state index < -0.39 is 0 Å². The van der Waals surface area contributed by atoms with E-state index in [9.17, 15) is 4.79 Å². The summed E-state index contributed by atoms with van der Waals surface area (Å²) in [6.07, 6.45) is 2.95. The van der Waals surface area contributed by atoms with Gasteiger partial charge in [0.05, 0.1) is 11.6 Å². The normalized spacial score (nSPS) is 11.4. The highest BCUT2D eigenvalue weighted by Crippen LogP contribution is 2.31. The van der Waals surface area contributed by atoms with Crippen LogP contribution in [0.2, 0.25) is 0 Å². The Hall–Kier alpha value is -2.75. The predicted molar refractivity (Wildman–Crippen MR) is 70.0 cm³/mol. The second kappa shape index (κ2) is 3.62. The molecule has 4 rings (SSSR count). The molecule has 0 aliphatic carbocycles. The van der Waals surface area contributed by atoms with Crippen molar-refractivity contribution in [2.24, 2.45) is 0 Å². The topological polar surface area (TPSA) is 56.5 Å². The van der Waals surface area contributed by atoms with Crippen molar-refractivity contribution in [3.8, 4) is 11.5 Å². The van der Waals surface area contributed by atoms with E-state index in [1.54, 1.807) is 36.6 Å². The first kappa shape index (κ1) is 10.2. The van der Waals surface area contributed by atoms with Gasteiger partial charge in [0.2, 0.25) is 11.2 Å². The Morgan fingerprint density at radius 2 is 1.79 bits per heavy atom. The van der Waals surface area contributed by atoms with Crippen molar-refractivity contribution in [2.45, 2.75) is 0 Å². The fourth-order valence-corrected chi connectivity index (χ4v) is 2.18. The molecule has 0 spiro atoms. The van der Waals surface area contributed by atoms with Crippen LogP contribution in [0.3, 0.4) is 0 Å². The zero-order chi connectivity index (χ0) is 12.8. The first-order chi connectivity index (χ1) is 9.34. The summed E-state index contributed by atoms with van der Waals surface area (Å²) >= 11 is 0. The number of hydrogen-bond acceptors (Lipinski definition) is 4. The molecule has 0 aliphatic heterocycles. The van der Waals surface area contributed by atoms with Gasteiger partial charge in [0, 0.05) is 0 Å². The molecule has 4 heteroatoms. The van der Waals surface area contributed by atoms with Crippen molar-refractivity contribution in [2.75, 3.05) is 0 Å². The lowest BCUT2D eigenvalue weighted by atomic mass is 10.2. The second-order valence-corrected chi connectivity index (χ2v) is 4.21. The van der Waals surface area contributed by atoms with E-state index in [2.05, 4.69) is 0 Å². The fourth-order valence-electron chi connectivity index (χ4n) is 2.18. The Bertz CT molecular complexity index is 926. The van der Waals surface area contributed by atoms with Crippen LogP contribution < -0.4 is 5.43 Å². The molecule has 1 aromatic carbocycles. The van der Waals surface area contributed by atoms with Crippen LogP contribution >= 0.6 is 0 Å². The van der Waals surface area contributed by atoms with Crippen LogP contribution in [0, 0.1) is 0 Å². The van der Waals surface area contributed by atoms with Gasteiger partial charge in [-0.3, -0.25) is 4.79 Å². The summed E-state index contributed by atoms with van der Waals surface area (Å²) in [6.45, 7) is 0. The molecule has 0 N–H and O–H groups in total. The molecule has 0 radical (unpaired) electrons. The molecule has 0 saturated carbocycles. The minimum Gasteiger partial charge on any atom is -0.461 e. The van der Waals surface area contributed by atoms with Gasteiger partial charge in [-0.1, -0.05) is 12.1 Å². The van der Waals surface area contributed by atoms with Gasteiger partial charge in [-0.05, 0) is 24.3 Å². The van der Waals surface area contributed by atoms with Gasteiger partial charge in [-0.15, -0.1) is 0 Å². The summed E-state index contributed by atoms with van der Waals surface area (Å²) in [7, 11) is 0. The fraction of sp³-hybridized carbons (Fsp3) is 0. The van der Waals surface area contributed by atoms with E-state index >= 15 is 0 Å². The average Bonchev–Trinajstić information content (AvgIpc) is 3.07. The third kappa shape index (κ3) is 1.37. The molecule has 4 aromatic rings. The summed E-state index contributed by atoms with van der Waals surface area (Å²) < 4.78 is 16.5. The maximum absolute atomic E-state index is 12.3. The monoisotopic (exact) mass is 252 g/mol. The lowest BCUT2D eigenvalue weighted by Gasteiger charge is -1.97.